The van der Waals surface area contributed by atoms with E-state index in [1.807, 2.05) is 65.0 Å². The molecule has 0 spiro atoms. The van der Waals surface area contributed by atoms with Crippen LogP contribution < -0.4 is 9.62 Å². The lowest BCUT2D eigenvalue weighted by Crippen LogP contribution is -2.38. The monoisotopic (exact) mass is 436 g/mol. The number of aryl methyl sites for hydroxylation is 5. The summed E-state index contributed by atoms with van der Waals surface area (Å²) < 4.78 is 28.3. The van der Waals surface area contributed by atoms with Crippen molar-refractivity contribution < 1.29 is 13.2 Å². The molecule has 0 bridgehead atoms. The lowest BCUT2D eigenvalue weighted by atomic mass is 10.1. The zero-order chi connectivity index (χ0) is 22.8. The third-order valence-electron chi connectivity index (χ3n) is 5.28. The van der Waals surface area contributed by atoms with Crippen LogP contribution in [-0.2, 0) is 14.8 Å². The zero-order valence-electron chi connectivity index (χ0n) is 18.6. The van der Waals surface area contributed by atoms with E-state index in [4.69, 9.17) is 0 Å². The van der Waals surface area contributed by atoms with Crippen molar-refractivity contribution in [2.45, 2.75) is 39.5 Å². The Morgan fingerprint density at radius 1 is 0.806 bits per heavy atom. The molecule has 0 aliphatic rings. The Kier molecular flexibility index (Phi) is 6.51. The minimum absolute atomic E-state index is 0.152. The summed E-state index contributed by atoms with van der Waals surface area (Å²) in [5.41, 5.74) is 5.71. The number of nitrogens with zero attached hydrogens (tertiary/aromatic N) is 1. The van der Waals surface area contributed by atoms with Crippen molar-refractivity contribution in [2.24, 2.45) is 0 Å². The van der Waals surface area contributed by atoms with Crippen LogP contribution in [0.5, 0.6) is 0 Å². The molecule has 0 saturated heterocycles. The zero-order valence-corrected chi connectivity index (χ0v) is 19.4. The summed E-state index contributed by atoms with van der Waals surface area (Å²) in [6, 6.07) is 18.0. The Morgan fingerprint density at radius 3 is 2.00 bits per heavy atom. The highest BCUT2D eigenvalue weighted by atomic mass is 32.2. The average Bonchev–Trinajstić information content (AvgIpc) is 2.71. The number of anilines is 2. The fourth-order valence-corrected chi connectivity index (χ4v) is 4.92. The number of nitrogens with one attached hydrogen (secondary N) is 1. The molecule has 3 aromatic carbocycles. The van der Waals surface area contributed by atoms with Crippen LogP contribution in [0.25, 0.3) is 0 Å². The predicted molar refractivity (Wildman–Crippen MR) is 126 cm³/mol. The van der Waals surface area contributed by atoms with Crippen molar-refractivity contribution >= 4 is 27.3 Å². The van der Waals surface area contributed by atoms with E-state index in [-0.39, 0.29) is 11.4 Å². The predicted octanol–water partition coefficient (Wildman–Crippen LogP) is 5.06. The first kappa shape index (κ1) is 22.6. The lowest BCUT2D eigenvalue weighted by molar-refractivity contribution is -0.114. The van der Waals surface area contributed by atoms with Gasteiger partial charge in [-0.1, -0.05) is 48.0 Å². The fraction of sp³-hybridized carbons (Fsp3) is 0.240. The molecule has 0 fully saturated rings. The molecule has 31 heavy (non-hydrogen) atoms. The van der Waals surface area contributed by atoms with E-state index in [0.29, 0.717) is 11.4 Å². The Morgan fingerprint density at radius 2 is 1.39 bits per heavy atom. The van der Waals surface area contributed by atoms with Crippen LogP contribution in [0, 0.1) is 34.6 Å². The van der Waals surface area contributed by atoms with Crippen LogP contribution >= 0.6 is 0 Å². The maximum Gasteiger partial charge on any atom is 0.264 e. The highest BCUT2D eigenvalue weighted by Crippen LogP contribution is 2.28. The maximum atomic E-state index is 13.6. The van der Waals surface area contributed by atoms with Gasteiger partial charge in [-0.25, -0.2) is 8.42 Å². The average molecular weight is 437 g/mol. The van der Waals surface area contributed by atoms with E-state index >= 15 is 0 Å². The van der Waals surface area contributed by atoms with Gasteiger partial charge in [0.1, 0.15) is 6.54 Å². The summed E-state index contributed by atoms with van der Waals surface area (Å²) >= 11 is 0. The highest BCUT2D eigenvalue weighted by Gasteiger charge is 2.28. The second kappa shape index (κ2) is 8.94. The fourth-order valence-electron chi connectivity index (χ4n) is 3.45. The molecule has 162 valence electrons. The minimum atomic E-state index is -3.95. The standard InChI is InChI=1S/C25H28N2O3S/c1-17-10-13-22(14-11-17)31(29,30)27(23-15-18(2)9-12-19(23)3)16-24(28)26-25-20(4)7-6-8-21(25)5/h6-15H,16H2,1-5H3,(H,26,28). The molecule has 0 heterocycles. The number of carbonyl (C=O) groups excluding carboxylic acids is 1. The normalized spacial score (nSPS) is 11.3. The largest absolute Gasteiger partial charge is 0.324 e. The molecule has 3 rings (SSSR count). The molecule has 1 N–H and O–H groups in total. The molecule has 5 nitrogen and oxygen atoms in total. The number of amides is 1. The Labute approximate surface area is 184 Å². The molecular weight excluding hydrogens is 408 g/mol. The second-order valence-electron chi connectivity index (χ2n) is 7.93. The third kappa shape index (κ3) is 4.97. The van der Waals surface area contributed by atoms with Crippen molar-refractivity contribution in [3.8, 4) is 0 Å². The van der Waals surface area contributed by atoms with Gasteiger partial charge in [-0.05, 0) is 75.1 Å². The van der Waals surface area contributed by atoms with Crippen molar-refractivity contribution in [2.75, 3.05) is 16.2 Å². The number of rotatable bonds is 6. The van der Waals surface area contributed by atoms with Gasteiger partial charge in [0, 0.05) is 5.69 Å². The van der Waals surface area contributed by atoms with E-state index in [9.17, 15) is 13.2 Å². The van der Waals surface area contributed by atoms with Crippen LogP contribution in [0.15, 0.2) is 65.6 Å². The van der Waals surface area contributed by atoms with Gasteiger partial charge in [-0.2, -0.15) is 0 Å². The summed E-state index contributed by atoms with van der Waals surface area (Å²) in [5, 5.41) is 2.90. The van der Waals surface area contributed by atoms with Gasteiger partial charge in [-0.3, -0.25) is 9.10 Å². The number of hydrogen-bond donors (Lipinski definition) is 1. The summed E-state index contributed by atoms with van der Waals surface area (Å²) in [4.78, 5) is 13.2. The molecule has 0 unspecified atom stereocenters. The number of carbonyl (C=O) groups is 1. The van der Waals surface area contributed by atoms with Gasteiger partial charge in [0.2, 0.25) is 5.91 Å². The van der Waals surface area contributed by atoms with Gasteiger partial charge in [0.05, 0.1) is 10.6 Å². The van der Waals surface area contributed by atoms with Crippen LogP contribution in [0.3, 0.4) is 0 Å². The van der Waals surface area contributed by atoms with Crippen molar-refractivity contribution in [3.05, 3.63) is 88.5 Å². The highest BCUT2D eigenvalue weighted by molar-refractivity contribution is 7.92. The molecule has 6 heteroatoms. The van der Waals surface area contributed by atoms with E-state index in [2.05, 4.69) is 5.32 Å². The van der Waals surface area contributed by atoms with Crippen LogP contribution in [-0.4, -0.2) is 20.9 Å². The molecule has 0 atom stereocenters. The van der Waals surface area contributed by atoms with Gasteiger partial charge >= 0.3 is 0 Å². The third-order valence-corrected chi connectivity index (χ3v) is 7.05. The molecule has 0 aliphatic heterocycles. The van der Waals surface area contributed by atoms with E-state index in [1.54, 1.807) is 30.3 Å². The Balaban J connectivity index is 2.03. The Bertz CT molecular complexity index is 1200. The van der Waals surface area contributed by atoms with Crippen molar-refractivity contribution in [1.82, 2.24) is 0 Å². The summed E-state index contributed by atoms with van der Waals surface area (Å²) in [7, 11) is -3.95. The van der Waals surface area contributed by atoms with Crippen molar-refractivity contribution in [3.63, 3.8) is 0 Å². The summed E-state index contributed by atoms with van der Waals surface area (Å²) in [6.07, 6.45) is 0. The molecule has 0 radical (unpaired) electrons. The minimum Gasteiger partial charge on any atom is -0.324 e. The number of para-hydroxylation sites is 1. The van der Waals surface area contributed by atoms with Gasteiger partial charge in [0.25, 0.3) is 10.0 Å². The van der Waals surface area contributed by atoms with Gasteiger partial charge < -0.3 is 5.32 Å². The molecule has 0 saturated carbocycles. The SMILES string of the molecule is Cc1ccc(S(=O)(=O)N(CC(=O)Nc2c(C)cccc2C)c2cc(C)ccc2C)cc1. The van der Waals surface area contributed by atoms with Crippen molar-refractivity contribution in [1.29, 1.82) is 0 Å². The number of sulfonamides is 1. The molecular formula is C25H28N2O3S. The molecule has 0 aromatic heterocycles. The lowest BCUT2D eigenvalue weighted by Gasteiger charge is -2.26. The van der Waals surface area contributed by atoms with E-state index < -0.39 is 15.9 Å². The second-order valence-corrected chi connectivity index (χ2v) is 9.79. The first-order chi connectivity index (χ1) is 14.6. The first-order valence-electron chi connectivity index (χ1n) is 10.1. The smallest absolute Gasteiger partial charge is 0.264 e. The molecule has 3 aromatic rings. The van der Waals surface area contributed by atoms with Gasteiger partial charge in [-0.15, -0.1) is 0 Å². The van der Waals surface area contributed by atoms with Crippen LogP contribution in [0.4, 0.5) is 11.4 Å². The molecule has 1 amide bonds. The Hall–Kier alpha value is -3.12. The quantitative estimate of drug-likeness (QED) is 0.587. The number of benzene rings is 3. The first-order valence-corrected chi connectivity index (χ1v) is 11.6. The van der Waals surface area contributed by atoms with Crippen LogP contribution in [0.1, 0.15) is 27.8 Å². The van der Waals surface area contributed by atoms with E-state index in [1.165, 1.54) is 4.31 Å². The number of hydrogen-bond acceptors (Lipinski definition) is 3. The van der Waals surface area contributed by atoms with Crippen LogP contribution in [0.2, 0.25) is 0 Å². The molecule has 0 aliphatic carbocycles. The van der Waals surface area contributed by atoms with E-state index in [0.717, 1.165) is 27.8 Å². The summed E-state index contributed by atoms with van der Waals surface area (Å²) in [5.74, 6) is -0.394. The topological polar surface area (TPSA) is 66.5 Å². The summed E-state index contributed by atoms with van der Waals surface area (Å²) in [6.45, 7) is 9.14. The maximum absolute atomic E-state index is 13.6. The van der Waals surface area contributed by atoms with Gasteiger partial charge in [0.15, 0.2) is 0 Å².